The predicted molar refractivity (Wildman–Crippen MR) is 173 cm³/mol. The van der Waals surface area contributed by atoms with Crippen LogP contribution in [0.1, 0.15) is 29.7 Å². The summed E-state index contributed by atoms with van der Waals surface area (Å²) < 4.78 is 9.83. The smallest absolute Gasteiger partial charge is 0.319 e. The van der Waals surface area contributed by atoms with Crippen molar-refractivity contribution >= 4 is 74.8 Å². The number of piperazine rings is 1. The van der Waals surface area contributed by atoms with Crippen molar-refractivity contribution in [2.24, 2.45) is 0 Å². The molecule has 2 N–H and O–H groups in total. The van der Waals surface area contributed by atoms with Crippen molar-refractivity contribution in [3.05, 3.63) is 81.7 Å². The molecule has 2 atom stereocenters. The molecule has 214 valence electrons. The third kappa shape index (κ3) is 8.96. The van der Waals surface area contributed by atoms with Gasteiger partial charge in [0.05, 0.1) is 35.5 Å². The van der Waals surface area contributed by atoms with E-state index in [0.717, 1.165) is 54.4 Å². The molecule has 1 aromatic carbocycles. The monoisotopic (exact) mass is 716 g/mol. The van der Waals surface area contributed by atoms with Gasteiger partial charge in [0.25, 0.3) is 0 Å². The number of nitrogens with zero attached hydrogens (tertiary/aromatic N) is 4. The van der Waals surface area contributed by atoms with Crippen molar-refractivity contribution in [2.75, 3.05) is 56.9 Å². The lowest BCUT2D eigenvalue weighted by Crippen LogP contribution is -2.48. The number of aromatic nitrogens is 2. The maximum absolute atomic E-state index is 11.4. The van der Waals surface area contributed by atoms with Gasteiger partial charge in [0, 0.05) is 80.6 Å². The van der Waals surface area contributed by atoms with Crippen LogP contribution in [0.15, 0.2) is 55.0 Å². The van der Waals surface area contributed by atoms with Gasteiger partial charge in [-0.15, -0.1) is 0 Å². The summed E-state index contributed by atoms with van der Waals surface area (Å²) in [6.07, 6.45) is 5.32. The van der Waals surface area contributed by atoms with Crippen molar-refractivity contribution < 1.29 is 14.3 Å². The Labute approximate surface area is 259 Å². The summed E-state index contributed by atoms with van der Waals surface area (Å²) in [6.45, 7) is 5.43. The number of halogens is 3. The number of carbonyl (C=O) groups is 1. The van der Waals surface area contributed by atoms with Gasteiger partial charge in [-0.1, -0.05) is 41.4 Å². The highest BCUT2D eigenvalue weighted by atomic mass is 127. The molecule has 4 rings (SSSR count). The summed E-state index contributed by atoms with van der Waals surface area (Å²) in [5.74, 6) is 0.696. The summed E-state index contributed by atoms with van der Waals surface area (Å²) in [5, 5.41) is 13.0. The number of nitrogens with one attached hydrogen (secondary N) is 2. The highest BCUT2D eigenvalue weighted by Crippen LogP contribution is 2.30. The van der Waals surface area contributed by atoms with Crippen LogP contribution in [0.25, 0.3) is 0 Å². The van der Waals surface area contributed by atoms with E-state index >= 15 is 0 Å². The van der Waals surface area contributed by atoms with Gasteiger partial charge >= 0.3 is 5.97 Å². The van der Waals surface area contributed by atoms with Gasteiger partial charge in [-0.05, 0) is 47.2 Å². The Morgan fingerprint density at radius 2 is 1.77 bits per heavy atom. The number of pyridine rings is 2. The van der Waals surface area contributed by atoms with Crippen LogP contribution in [-0.2, 0) is 14.3 Å². The fourth-order valence-electron chi connectivity index (χ4n) is 4.05. The normalized spacial score (nSPS) is 14.4. The van der Waals surface area contributed by atoms with Crippen LogP contribution in [0.5, 0.6) is 0 Å². The van der Waals surface area contributed by atoms with Crippen LogP contribution >= 0.6 is 51.6 Å². The van der Waals surface area contributed by atoms with E-state index in [-0.39, 0.29) is 12.1 Å². The maximum atomic E-state index is 11.4. The molecule has 3 aromatic rings. The van der Waals surface area contributed by atoms with Gasteiger partial charge in [-0.3, -0.25) is 20.1 Å². The Balaban J connectivity index is 0.000000307. The Kier molecular flexibility index (Phi) is 13.3. The van der Waals surface area contributed by atoms with Crippen LogP contribution in [0, 0.1) is 5.41 Å². The lowest BCUT2D eigenvalue weighted by molar-refractivity contribution is -0.142. The molecule has 0 saturated carbocycles. The quantitative estimate of drug-likeness (QED) is 0.116. The number of methoxy groups -OCH3 is 2. The number of carbonyl (C=O) groups excluding carboxylic acids is 1. The van der Waals surface area contributed by atoms with E-state index in [1.165, 1.54) is 7.11 Å². The second-order valence-electron chi connectivity index (χ2n) is 8.78. The Hall–Kier alpha value is -2.08. The first-order valence-electron chi connectivity index (χ1n) is 12.4. The van der Waals surface area contributed by atoms with Gasteiger partial charge in [0.15, 0.2) is 0 Å². The van der Waals surface area contributed by atoms with Gasteiger partial charge in [0.1, 0.15) is 5.82 Å². The van der Waals surface area contributed by atoms with Crippen LogP contribution in [0.2, 0.25) is 10.0 Å². The summed E-state index contributed by atoms with van der Waals surface area (Å²) in [4.78, 5) is 24.1. The van der Waals surface area contributed by atoms with Crippen LogP contribution in [-0.4, -0.2) is 73.5 Å². The lowest BCUT2D eigenvalue weighted by Gasteiger charge is -2.34. The predicted octanol–water partition coefficient (Wildman–Crippen LogP) is 6.24. The average Bonchev–Trinajstić information content (AvgIpc) is 2.98. The molecule has 2 aromatic heterocycles. The number of anilines is 2. The lowest BCUT2D eigenvalue weighted by atomic mass is 10.0. The second-order valence-corrected chi connectivity index (χ2v) is 11.7. The molecule has 13 heteroatoms. The van der Waals surface area contributed by atoms with E-state index in [9.17, 15) is 4.79 Å². The molecule has 0 amide bonds. The van der Waals surface area contributed by atoms with Gasteiger partial charge in [-0.25, -0.2) is 4.98 Å². The molecule has 9 nitrogen and oxygen atoms in total. The highest BCUT2D eigenvalue weighted by molar-refractivity contribution is 14.2. The summed E-state index contributed by atoms with van der Waals surface area (Å²) in [7, 11) is 3.02. The summed E-state index contributed by atoms with van der Waals surface area (Å²) >= 11 is 14.0. The zero-order valence-electron chi connectivity index (χ0n) is 22.5. The second kappa shape index (κ2) is 16.4. The molecule has 0 radical (unpaired) electrons. The van der Waals surface area contributed by atoms with Crippen molar-refractivity contribution in [3.63, 3.8) is 0 Å². The Morgan fingerprint density at radius 3 is 2.35 bits per heavy atom. The van der Waals surface area contributed by atoms with Gasteiger partial charge in [0.2, 0.25) is 0 Å². The molecule has 1 unspecified atom stereocenters. The molecule has 1 aliphatic rings. The number of hydrogen-bond acceptors (Lipinski definition) is 9. The van der Waals surface area contributed by atoms with E-state index in [0.29, 0.717) is 28.7 Å². The van der Waals surface area contributed by atoms with E-state index in [2.05, 4.69) is 46.9 Å². The molecular formula is C27H32Cl2IN6O3P. The van der Waals surface area contributed by atoms with Crippen LogP contribution in [0.3, 0.4) is 0 Å². The van der Waals surface area contributed by atoms with Crippen molar-refractivity contribution in [1.82, 2.24) is 14.9 Å². The fourth-order valence-corrected chi connectivity index (χ4v) is 5.91. The Morgan fingerprint density at radius 1 is 1.10 bits per heavy atom. The van der Waals surface area contributed by atoms with Crippen LogP contribution < -0.4 is 9.99 Å². The number of rotatable bonds is 9. The molecule has 1 fully saturated rings. The number of benzene rings is 1. The molecule has 0 bridgehead atoms. The minimum absolute atomic E-state index is 0.104. The topological polar surface area (TPSA) is 104 Å². The molecule has 0 aliphatic carbocycles. The molecule has 3 heterocycles. The molecule has 1 saturated heterocycles. The molecular weight excluding hydrogens is 685 g/mol. The highest BCUT2D eigenvalue weighted by Gasteiger charge is 2.20. The van der Waals surface area contributed by atoms with Gasteiger partial charge in [-0.2, -0.15) is 0 Å². The molecule has 1 aliphatic heterocycles. The molecule has 0 spiro atoms. The molecule has 40 heavy (non-hydrogen) atoms. The summed E-state index contributed by atoms with van der Waals surface area (Å²) in [6, 6.07) is 11.8. The zero-order chi connectivity index (χ0) is 29.1. The number of para-hydroxylation sites is 1. The number of esters is 1. The third-order valence-corrected chi connectivity index (χ3v) is 8.12. The number of ether oxygens (including phenoxy) is 2. The maximum Gasteiger partial charge on any atom is 0.319 e. The SMILES string of the molecule is COC(=O)CN1CCN(c2ccc(C(=N)c3ccccc3NPI)cn2)CC1.CO[C@H](C)c1c(Cl)cncc1Cl. The largest absolute Gasteiger partial charge is 0.468 e. The first kappa shape index (κ1) is 32.4. The summed E-state index contributed by atoms with van der Waals surface area (Å²) in [5.41, 5.74) is 3.87. The standard InChI is InChI=1S/C19H23IN5O2P.C8H9Cl2NO/c1-27-18(26)13-24-8-10-25(11-9-24)17-7-6-14(12-22-17)19(21)15-4-2-3-5-16(15)23-28-20;1-5(12-2)8-6(9)3-11-4-7(8)10/h2-7,12,21,23,28H,8-11,13H2,1H3;3-5H,1-2H3/t;5-/m.1/s1. The van der Waals surface area contributed by atoms with Gasteiger partial charge < -0.3 is 19.5 Å². The van der Waals surface area contributed by atoms with Crippen molar-refractivity contribution in [2.45, 2.75) is 13.0 Å². The van der Waals surface area contributed by atoms with Crippen molar-refractivity contribution in [1.29, 1.82) is 5.41 Å². The minimum atomic E-state index is -0.202. The van der Waals surface area contributed by atoms with E-state index in [1.54, 1.807) is 25.7 Å². The first-order chi connectivity index (χ1) is 19.3. The minimum Gasteiger partial charge on any atom is -0.468 e. The van der Waals surface area contributed by atoms with Crippen molar-refractivity contribution in [3.8, 4) is 0 Å². The third-order valence-electron chi connectivity index (χ3n) is 6.34. The zero-order valence-corrected chi connectivity index (χ0v) is 27.1. The first-order valence-corrected chi connectivity index (χ1v) is 17.3. The fraction of sp³-hybridized carbons (Fsp3) is 0.333. The van der Waals surface area contributed by atoms with E-state index in [1.807, 2.05) is 43.3 Å². The van der Waals surface area contributed by atoms with E-state index < -0.39 is 0 Å². The number of hydrogen-bond donors (Lipinski definition) is 2. The van der Waals surface area contributed by atoms with Crippen LogP contribution in [0.4, 0.5) is 11.5 Å². The Bertz CT molecular complexity index is 1260. The van der Waals surface area contributed by atoms with E-state index in [4.69, 9.17) is 38.1 Å². The average molecular weight is 717 g/mol.